The molecular formula is C7H11NO2S. The maximum atomic E-state index is 10.6. The number of oxime groups is 1. The lowest BCUT2D eigenvalue weighted by Crippen LogP contribution is -2.18. The zero-order valence-electron chi connectivity index (χ0n) is 6.88. The van der Waals surface area contributed by atoms with E-state index >= 15 is 0 Å². The van der Waals surface area contributed by atoms with Crippen LogP contribution >= 0.6 is 11.8 Å². The van der Waals surface area contributed by atoms with Crippen LogP contribution in [0.15, 0.2) is 5.16 Å². The van der Waals surface area contributed by atoms with Gasteiger partial charge in [0, 0.05) is 13.3 Å². The highest BCUT2D eigenvalue weighted by Crippen LogP contribution is 2.27. The molecule has 0 atom stereocenters. The Kier molecular flexibility index (Phi) is 2.23. The van der Waals surface area contributed by atoms with Gasteiger partial charge in [-0.05, 0) is 25.6 Å². The summed E-state index contributed by atoms with van der Waals surface area (Å²) < 4.78 is 0. The summed E-state index contributed by atoms with van der Waals surface area (Å²) in [5.41, 5.74) is -0.224. The Labute approximate surface area is 70.2 Å². The van der Waals surface area contributed by atoms with Crippen LogP contribution in [0.25, 0.3) is 0 Å². The van der Waals surface area contributed by atoms with E-state index in [0.717, 1.165) is 23.2 Å². The molecule has 0 aromatic rings. The minimum absolute atomic E-state index is 0.0602. The van der Waals surface area contributed by atoms with Gasteiger partial charge in [0.15, 0.2) is 5.12 Å². The van der Waals surface area contributed by atoms with Crippen LogP contribution in [0.3, 0.4) is 0 Å². The fraction of sp³-hybridized carbons (Fsp3) is 0.714. The standard InChI is InChI=1S/C7H11NO2S/c1-5(9)11-6-4-7(2,3)10-8-6/h4H2,1-3H3. The number of rotatable bonds is 0. The van der Waals surface area contributed by atoms with Crippen LogP contribution in [0.4, 0.5) is 0 Å². The molecule has 0 bridgehead atoms. The average molecular weight is 173 g/mol. The van der Waals surface area contributed by atoms with Crippen molar-refractivity contribution in [2.45, 2.75) is 32.8 Å². The quantitative estimate of drug-likeness (QED) is 0.560. The first-order valence-electron chi connectivity index (χ1n) is 3.43. The number of carbonyl (C=O) groups is 1. The molecule has 0 aromatic carbocycles. The van der Waals surface area contributed by atoms with Gasteiger partial charge in [-0.25, -0.2) is 0 Å². The summed E-state index contributed by atoms with van der Waals surface area (Å²) in [7, 11) is 0. The topological polar surface area (TPSA) is 38.7 Å². The van der Waals surface area contributed by atoms with E-state index in [1.807, 2.05) is 13.8 Å². The van der Waals surface area contributed by atoms with Crippen LogP contribution in [-0.4, -0.2) is 15.8 Å². The molecule has 4 heteroatoms. The molecule has 0 N–H and O–H groups in total. The van der Waals surface area contributed by atoms with Gasteiger partial charge in [0.25, 0.3) is 0 Å². The molecule has 0 fully saturated rings. The van der Waals surface area contributed by atoms with Crippen molar-refractivity contribution in [1.29, 1.82) is 0 Å². The normalized spacial score (nSPS) is 20.8. The fourth-order valence-corrected chi connectivity index (χ4v) is 1.65. The molecule has 11 heavy (non-hydrogen) atoms. The van der Waals surface area contributed by atoms with Crippen LogP contribution in [0.1, 0.15) is 27.2 Å². The van der Waals surface area contributed by atoms with Gasteiger partial charge in [-0.2, -0.15) is 0 Å². The van der Waals surface area contributed by atoms with Gasteiger partial charge >= 0.3 is 0 Å². The van der Waals surface area contributed by atoms with Crippen molar-refractivity contribution in [2.75, 3.05) is 0 Å². The molecule has 1 aliphatic heterocycles. The second kappa shape index (κ2) is 2.85. The zero-order valence-corrected chi connectivity index (χ0v) is 7.70. The number of nitrogens with zero attached hydrogens (tertiary/aromatic N) is 1. The molecule has 62 valence electrons. The van der Waals surface area contributed by atoms with E-state index in [-0.39, 0.29) is 10.7 Å². The molecule has 0 aromatic heterocycles. The van der Waals surface area contributed by atoms with Gasteiger partial charge in [0.1, 0.15) is 10.6 Å². The van der Waals surface area contributed by atoms with Crippen molar-refractivity contribution >= 4 is 21.9 Å². The minimum atomic E-state index is -0.224. The first kappa shape index (κ1) is 8.59. The summed E-state index contributed by atoms with van der Waals surface area (Å²) in [5.74, 6) is 0. The SMILES string of the molecule is CC(=O)SC1=NOC(C)(C)C1. The highest BCUT2D eigenvalue weighted by molar-refractivity contribution is 8.26. The lowest BCUT2D eigenvalue weighted by atomic mass is 10.1. The van der Waals surface area contributed by atoms with E-state index in [0.29, 0.717) is 0 Å². The smallest absolute Gasteiger partial charge is 0.191 e. The molecule has 0 radical (unpaired) electrons. The molecule has 1 aliphatic rings. The van der Waals surface area contributed by atoms with Crippen LogP contribution in [0.2, 0.25) is 0 Å². The van der Waals surface area contributed by atoms with Gasteiger partial charge in [-0.15, -0.1) is 0 Å². The first-order chi connectivity index (χ1) is 4.99. The Morgan fingerprint density at radius 2 is 2.36 bits per heavy atom. The summed E-state index contributed by atoms with van der Waals surface area (Å²) in [6.45, 7) is 5.42. The molecule has 0 spiro atoms. The number of carbonyl (C=O) groups excluding carboxylic acids is 1. The Bertz CT molecular complexity index is 210. The minimum Gasteiger partial charge on any atom is -0.389 e. The van der Waals surface area contributed by atoms with E-state index in [1.54, 1.807) is 0 Å². The van der Waals surface area contributed by atoms with Crippen molar-refractivity contribution in [3.63, 3.8) is 0 Å². The number of thioether (sulfide) groups is 1. The van der Waals surface area contributed by atoms with Gasteiger partial charge in [0.05, 0.1) is 0 Å². The molecule has 1 rings (SSSR count). The van der Waals surface area contributed by atoms with Gasteiger partial charge in [-0.3, -0.25) is 4.79 Å². The zero-order chi connectivity index (χ0) is 8.48. The Morgan fingerprint density at radius 1 is 1.73 bits per heavy atom. The maximum absolute atomic E-state index is 10.6. The third kappa shape index (κ3) is 2.54. The van der Waals surface area contributed by atoms with Crippen LogP contribution in [0.5, 0.6) is 0 Å². The monoisotopic (exact) mass is 173 g/mol. The summed E-state index contributed by atoms with van der Waals surface area (Å²) in [6, 6.07) is 0. The molecule has 3 nitrogen and oxygen atoms in total. The molecule has 0 saturated carbocycles. The third-order valence-electron chi connectivity index (χ3n) is 1.23. The largest absolute Gasteiger partial charge is 0.389 e. The van der Waals surface area contributed by atoms with Gasteiger partial charge < -0.3 is 4.84 Å². The van der Waals surface area contributed by atoms with Crippen LogP contribution < -0.4 is 0 Å². The van der Waals surface area contributed by atoms with Gasteiger partial charge in [-0.1, -0.05) is 5.16 Å². The van der Waals surface area contributed by atoms with E-state index in [1.165, 1.54) is 6.92 Å². The van der Waals surface area contributed by atoms with Crippen molar-refractivity contribution in [1.82, 2.24) is 0 Å². The Hall–Kier alpha value is -0.510. The maximum Gasteiger partial charge on any atom is 0.191 e. The van der Waals surface area contributed by atoms with Crippen molar-refractivity contribution in [2.24, 2.45) is 5.16 Å². The molecule has 0 unspecified atom stereocenters. The molecular weight excluding hydrogens is 162 g/mol. The van der Waals surface area contributed by atoms with Crippen LogP contribution in [0, 0.1) is 0 Å². The second-order valence-corrected chi connectivity index (χ2v) is 4.36. The fourth-order valence-electron chi connectivity index (χ4n) is 0.824. The lowest BCUT2D eigenvalue weighted by molar-refractivity contribution is -0.109. The molecule has 1 heterocycles. The summed E-state index contributed by atoms with van der Waals surface area (Å²) in [4.78, 5) is 15.7. The van der Waals surface area contributed by atoms with E-state index in [4.69, 9.17) is 4.84 Å². The molecule has 0 amide bonds. The summed E-state index contributed by atoms with van der Waals surface area (Å²) >= 11 is 1.15. The van der Waals surface area contributed by atoms with Crippen LogP contribution in [-0.2, 0) is 9.63 Å². The second-order valence-electron chi connectivity index (χ2n) is 3.11. The highest BCUT2D eigenvalue weighted by Gasteiger charge is 2.29. The Morgan fingerprint density at radius 3 is 2.73 bits per heavy atom. The van der Waals surface area contributed by atoms with Crippen molar-refractivity contribution < 1.29 is 9.63 Å². The van der Waals surface area contributed by atoms with E-state index in [9.17, 15) is 4.79 Å². The Balaban J connectivity index is 2.47. The highest BCUT2D eigenvalue weighted by atomic mass is 32.2. The lowest BCUT2D eigenvalue weighted by Gasteiger charge is -2.12. The van der Waals surface area contributed by atoms with Crippen molar-refractivity contribution in [3.8, 4) is 0 Å². The van der Waals surface area contributed by atoms with E-state index in [2.05, 4.69) is 5.16 Å². The third-order valence-corrected chi connectivity index (χ3v) is 1.98. The molecule has 0 aliphatic carbocycles. The summed E-state index contributed by atoms with van der Waals surface area (Å²) in [5, 5.41) is 4.63. The number of hydrogen-bond acceptors (Lipinski definition) is 4. The van der Waals surface area contributed by atoms with E-state index < -0.39 is 0 Å². The predicted molar refractivity (Wildman–Crippen MR) is 45.5 cm³/mol. The average Bonchev–Trinajstić information content (AvgIpc) is 2.08. The van der Waals surface area contributed by atoms with Gasteiger partial charge in [0.2, 0.25) is 0 Å². The van der Waals surface area contributed by atoms with Crippen molar-refractivity contribution in [3.05, 3.63) is 0 Å². The summed E-state index contributed by atoms with van der Waals surface area (Å²) in [6.07, 6.45) is 0.733. The molecule has 0 saturated heterocycles. The first-order valence-corrected chi connectivity index (χ1v) is 4.25. The number of hydrogen-bond donors (Lipinski definition) is 0. The predicted octanol–water partition coefficient (Wildman–Crippen LogP) is 1.78.